The molecular weight excluding hydrogens is 490 g/mol. The van der Waals surface area contributed by atoms with Crippen LogP contribution in [0.5, 0.6) is 0 Å². The SMILES string of the molecule is CC(C)c1ccc2oc(-c3ccc(CNC(=S)NC(=O)C(c4ccccc4)c4ccccc4)cc3)nc2c1. The van der Waals surface area contributed by atoms with Crippen LogP contribution in [0.25, 0.3) is 22.6 Å². The van der Waals surface area contributed by atoms with Crippen LogP contribution in [0.3, 0.4) is 0 Å². The number of amides is 1. The molecule has 0 atom stereocenters. The maximum atomic E-state index is 13.2. The van der Waals surface area contributed by atoms with Crippen LogP contribution in [0.15, 0.2) is 108 Å². The summed E-state index contributed by atoms with van der Waals surface area (Å²) in [6.45, 7) is 4.81. The lowest BCUT2D eigenvalue weighted by molar-refractivity contribution is -0.120. The van der Waals surface area contributed by atoms with E-state index in [-0.39, 0.29) is 11.0 Å². The Kier molecular flexibility index (Phi) is 7.61. The average Bonchev–Trinajstić information content (AvgIpc) is 3.37. The van der Waals surface area contributed by atoms with E-state index in [4.69, 9.17) is 16.6 Å². The number of nitrogens with zero attached hydrogens (tertiary/aromatic N) is 1. The number of hydrogen-bond acceptors (Lipinski definition) is 4. The van der Waals surface area contributed by atoms with E-state index < -0.39 is 5.92 Å². The minimum Gasteiger partial charge on any atom is -0.436 e. The molecule has 1 aromatic heterocycles. The Labute approximate surface area is 227 Å². The first-order valence-electron chi connectivity index (χ1n) is 12.7. The number of thiocarbonyl (C=S) groups is 1. The summed E-state index contributed by atoms with van der Waals surface area (Å²) in [4.78, 5) is 17.9. The van der Waals surface area contributed by atoms with Gasteiger partial charge in [-0.2, -0.15) is 0 Å². The largest absolute Gasteiger partial charge is 0.436 e. The number of hydrogen-bond donors (Lipinski definition) is 2. The van der Waals surface area contributed by atoms with E-state index in [1.807, 2.05) is 91.0 Å². The highest BCUT2D eigenvalue weighted by Crippen LogP contribution is 2.27. The van der Waals surface area contributed by atoms with Gasteiger partial charge in [0.25, 0.3) is 0 Å². The first-order chi connectivity index (χ1) is 18.5. The summed E-state index contributed by atoms with van der Waals surface area (Å²) in [6.07, 6.45) is 0. The number of benzene rings is 4. The molecule has 5 nitrogen and oxygen atoms in total. The van der Waals surface area contributed by atoms with Gasteiger partial charge in [0.15, 0.2) is 10.7 Å². The lowest BCUT2D eigenvalue weighted by Crippen LogP contribution is -2.41. The molecule has 0 radical (unpaired) electrons. The molecule has 190 valence electrons. The van der Waals surface area contributed by atoms with Crippen LogP contribution in [0.4, 0.5) is 0 Å². The van der Waals surface area contributed by atoms with E-state index in [1.54, 1.807) is 0 Å². The van der Waals surface area contributed by atoms with Crippen LogP contribution < -0.4 is 10.6 Å². The highest BCUT2D eigenvalue weighted by atomic mass is 32.1. The topological polar surface area (TPSA) is 67.2 Å². The molecule has 6 heteroatoms. The summed E-state index contributed by atoms with van der Waals surface area (Å²) in [5, 5.41) is 6.30. The van der Waals surface area contributed by atoms with Gasteiger partial charge in [-0.1, -0.05) is 92.7 Å². The first kappa shape index (κ1) is 25.4. The summed E-state index contributed by atoms with van der Waals surface area (Å²) in [7, 11) is 0. The van der Waals surface area contributed by atoms with Crippen LogP contribution >= 0.6 is 12.2 Å². The number of carbonyl (C=O) groups excluding carboxylic acids is 1. The fraction of sp³-hybridized carbons (Fsp3) is 0.156. The molecule has 0 saturated carbocycles. The standard InChI is InChI=1S/C32H29N3O2S/c1-21(2)26-17-18-28-27(19-26)34-31(37-28)25-15-13-22(14-16-25)20-33-32(38)35-30(36)29(23-9-5-3-6-10-23)24-11-7-4-8-12-24/h3-19,21,29H,20H2,1-2H3,(H2,33,35,36,38). The maximum Gasteiger partial charge on any atom is 0.238 e. The molecule has 1 heterocycles. The third-order valence-corrected chi connectivity index (χ3v) is 6.74. The molecule has 5 rings (SSSR count). The van der Waals surface area contributed by atoms with E-state index in [0.29, 0.717) is 18.4 Å². The fourth-order valence-electron chi connectivity index (χ4n) is 4.39. The van der Waals surface area contributed by atoms with Crippen molar-refractivity contribution in [2.24, 2.45) is 0 Å². The number of carbonyl (C=O) groups is 1. The molecule has 38 heavy (non-hydrogen) atoms. The molecule has 0 unspecified atom stereocenters. The Morgan fingerprint density at radius 2 is 1.47 bits per heavy atom. The van der Waals surface area contributed by atoms with Crippen LogP contribution in [-0.4, -0.2) is 16.0 Å². The lowest BCUT2D eigenvalue weighted by atomic mass is 9.90. The Morgan fingerprint density at radius 1 is 0.842 bits per heavy atom. The molecule has 0 fully saturated rings. The van der Waals surface area contributed by atoms with Gasteiger partial charge in [0, 0.05) is 12.1 Å². The monoisotopic (exact) mass is 519 g/mol. The van der Waals surface area contributed by atoms with Gasteiger partial charge in [-0.15, -0.1) is 0 Å². The molecular formula is C32H29N3O2S. The van der Waals surface area contributed by atoms with Crippen molar-refractivity contribution in [3.8, 4) is 11.5 Å². The van der Waals surface area contributed by atoms with Crippen molar-refractivity contribution < 1.29 is 9.21 Å². The molecule has 0 saturated heterocycles. The van der Waals surface area contributed by atoms with Crippen molar-refractivity contribution in [2.75, 3.05) is 0 Å². The number of fused-ring (bicyclic) bond motifs is 1. The summed E-state index contributed by atoms with van der Waals surface area (Å²) >= 11 is 5.45. The second kappa shape index (κ2) is 11.4. The molecule has 0 aliphatic rings. The van der Waals surface area contributed by atoms with E-state index in [0.717, 1.165) is 33.4 Å². The number of oxazole rings is 1. The van der Waals surface area contributed by atoms with Gasteiger partial charge in [-0.3, -0.25) is 4.79 Å². The van der Waals surface area contributed by atoms with Crippen molar-refractivity contribution >= 4 is 34.3 Å². The zero-order valence-electron chi connectivity index (χ0n) is 21.3. The van der Waals surface area contributed by atoms with Crippen molar-refractivity contribution in [1.82, 2.24) is 15.6 Å². The third-order valence-electron chi connectivity index (χ3n) is 6.50. The zero-order valence-corrected chi connectivity index (χ0v) is 22.2. The minimum absolute atomic E-state index is 0.174. The van der Waals surface area contributed by atoms with Gasteiger partial charge in [0.05, 0.1) is 5.92 Å². The van der Waals surface area contributed by atoms with Gasteiger partial charge >= 0.3 is 0 Å². The molecule has 0 aliphatic carbocycles. The summed E-state index contributed by atoms with van der Waals surface area (Å²) < 4.78 is 5.97. The second-order valence-corrected chi connectivity index (χ2v) is 9.93. The highest BCUT2D eigenvalue weighted by Gasteiger charge is 2.23. The molecule has 1 amide bonds. The van der Waals surface area contributed by atoms with Crippen LogP contribution in [0.2, 0.25) is 0 Å². The molecule has 0 aliphatic heterocycles. The van der Waals surface area contributed by atoms with Crippen molar-refractivity contribution in [1.29, 1.82) is 0 Å². The minimum atomic E-state index is -0.454. The normalized spacial score (nSPS) is 11.2. The van der Waals surface area contributed by atoms with Gasteiger partial charge < -0.3 is 15.1 Å². The van der Waals surface area contributed by atoms with Crippen LogP contribution in [0.1, 0.15) is 47.9 Å². The van der Waals surface area contributed by atoms with Gasteiger partial charge in [0.2, 0.25) is 11.8 Å². The fourth-order valence-corrected chi connectivity index (χ4v) is 4.56. The summed E-state index contributed by atoms with van der Waals surface area (Å²) in [5.74, 6) is 0.400. The first-order valence-corrected chi connectivity index (χ1v) is 13.1. The maximum absolute atomic E-state index is 13.2. The molecule has 5 aromatic rings. The van der Waals surface area contributed by atoms with E-state index in [2.05, 4.69) is 41.6 Å². The average molecular weight is 520 g/mol. The zero-order chi connectivity index (χ0) is 26.5. The van der Waals surface area contributed by atoms with Gasteiger partial charge in [-0.25, -0.2) is 4.98 Å². The Hall–Kier alpha value is -4.29. The number of nitrogens with one attached hydrogen (secondary N) is 2. The second-order valence-electron chi connectivity index (χ2n) is 9.52. The quantitative estimate of drug-likeness (QED) is 0.228. The van der Waals surface area contributed by atoms with Crippen molar-refractivity contribution in [2.45, 2.75) is 32.2 Å². The lowest BCUT2D eigenvalue weighted by Gasteiger charge is -2.18. The van der Waals surface area contributed by atoms with Gasteiger partial charge in [0.1, 0.15) is 5.52 Å². The molecule has 0 spiro atoms. The Morgan fingerprint density at radius 3 is 2.08 bits per heavy atom. The predicted octanol–water partition coefficient (Wildman–Crippen LogP) is 6.94. The molecule has 4 aromatic carbocycles. The molecule has 0 bridgehead atoms. The van der Waals surface area contributed by atoms with Crippen LogP contribution in [-0.2, 0) is 11.3 Å². The van der Waals surface area contributed by atoms with Gasteiger partial charge in [-0.05, 0) is 64.7 Å². The Balaban J connectivity index is 1.22. The smallest absolute Gasteiger partial charge is 0.238 e. The predicted molar refractivity (Wildman–Crippen MR) is 156 cm³/mol. The Bertz CT molecular complexity index is 1510. The van der Waals surface area contributed by atoms with Crippen molar-refractivity contribution in [3.05, 3.63) is 125 Å². The van der Waals surface area contributed by atoms with Crippen LogP contribution in [0, 0.1) is 0 Å². The molecule has 2 N–H and O–H groups in total. The number of aromatic nitrogens is 1. The third kappa shape index (κ3) is 5.82. The highest BCUT2D eigenvalue weighted by molar-refractivity contribution is 7.80. The number of rotatable bonds is 7. The van der Waals surface area contributed by atoms with E-state index in [1.165, 1.54) is 5.56 Å². The summed E-state index contributed by atoms with van der Waals surface area (Å²) in [6, 6.07) is 33.5. The van der Waals surface area contributed by atoms with E-state index in [9.17, 15) is 4.79 Å². The summed E-state index contributed by atoms with van der Waals surface area (Å²) in [5.41, 5.74) is 6.62. The van der Waals surface area contributed by atoms with Crippen molar-refractivity contribution in [3.63, 3.8) is 0 Å². The van der Waals surface area contributed by atoms with E-state index >= 15 is 0 Å².